The van der Waals surface area contributed by atoms with Gasteiger partial charge in [0, 0.05) is 21.1 Å². The third-order valence-electron chi connectivity index (χ3n) is 3.11. The van der Waals surface area contributed by atoms with Gasteiger partial charge in [-0.25, -0.2) is 0 Å². The van der Waals surface area contributed by atoms with E-state index in [-0.39, 0.29) is 0 Å². The van der Waals surface area contributed by atoms with Gasteiger partial charge in [0.05, 0.1) is 13.7 Å². The minimum Gasteiger partial charge on any atom is -0.493 e. The highest BCUT2D eigenvalue weighted by Crippen LogP contribution is 2.29. The molecule has 0 fully saturated rings. The van der Waals surface area contributed by atoms with Crippen LogP contribution >= 0.6 is 23.2 Å². The Labute approximate surface area is 132 Å². The number of hydrogen-bond donors (Lipinski definition) is 1. The zero-order chi connectivity index (χ0) is 14.8. The van der Waals surface area contributed by atoms with Crippen LogP contribution < -0.4 is 10.1 Å². The largest absolute Gasteiger partial charge is 0.493 e. The Morgan fingerprint density at radius 1 is 1.10 bits per heavy atom. The molecule has 0 aliphatic heterocycles. The van der Waals surface area contributed by atoms with Gasteiger partial charge in [-0.2, -0.15) is 0 Å². The molecule has 3 aromatic rings. The summed E-state index contributed by atoms with van der Waals surface area (Å²) in [6.07, 6.45) is 0. The number of anilines is 1. The van der Waals surface area contributed by atoms with Crippen molar-refractivity contribution in [3.63, 3.8) is 0 Å². The van der Waals surface area contributed by atoms with E-state index in [9.17, 15) is 0 Å². The van der Waals surface area contributed by atoms with Crippen LogP contribution in [0, 0.1) is 0 Å². The number of methoxy groups -OCH3 is 1. The minimum atomic E-state index is 0.536. The highest BCUT2D eigenvalue weighted by Gasteiger charge is 2.08. The number of ether oxygens (including phenoxy) is 1. The summed E-state index contributed by atoms with van der Waals surface area (Å²) < 4.78 is 11.1. The fourth-order valence-electron chi connectivity index (χ4n) is 2.18. The quantitative estimate of drug-likeness (QED) is 0.702. The van der Waals surface area contributed by atoms with Gasteiger partial charge in [-0.05, 0) is 30.3 Å². The predicted octanol–water partition coefficient (Wildman–Crippen LogP) is 5.36. The average Bonchev–Trinajstić information content (AvgIpc) is 2.87. The smallest absolute Gasteiger partial charge is 0.176 e. The summed E-state index contributed by atoms with van der Waals surface area (Å²) in [5.41, 5.74) is 1.60. The summed E-state index contributed by atoms with van der Waals surface area (Å²) in [5, 5.41) is 5.43. The van der Waals surface area contributed by atoms with Gasteiger partial charge in [-0.15, -0.1) is 0 Å². The van der Waals surface area contributed by atoms with E-state index < -0.39 is 0 Å². The number of benzene rings is 2. The van der Waals surface area contributed by atoms with Crippen molar-refractivity contribution in [1.82, 2.24) is 0 Å². The second-order valence-electron chi connectivity index (χ2n) is 4.60. The first kappa shape index (κ1) is 14.1. The molecule has 1 aromatic heterocycles. The summed E-state index contributed by atoms with van der Waals surface area (Å²) in [5.74, 6) is 1.54. The predicted molar refractivity (Wildman–Crippen MR) is 86.6 cm³/mol. The summed E-state index contributed by atoms with van der Waals surface area (Å²) in [4.78, 5) is 0. The van der Waals surface area contributed by atoms with Gasteiger partial charge < -0.3 is 14.5 Å². The number of rotatable bonds is 4. The molecule has 0 aliphatic carbocycles. The van der Waals surface area contributed by atoms with Gasteiger partial charge in [0.2, 0.25) is 0 Å². The molecule has 1 N–H and O–H groups in total. The molecular formula is C16H13Cl2NO2. The molecule has 0 amide bonds. The maximum absolute atomic E-state index is 5.97. The van der Waals surface area contributed by atoms with Crippen LogP contribution in [0.25, 0.3) is 11.0 Å². The van der Waals surface area contributed by atoms with Crippen molar-refractivity contribution in [2.24, 2.45) is 0 Å². The molecule has 3 nitrogen and oxygen atoms in total. The summed E-state index contributed by atoms with van der Waals surface area (Å²) in [7, 11) is 1.63. The molecule has 0 saturated heterocycles. The highest BCUT2D eigenvalue weighted by molar-refractivity contribution is 6.35. The molecule has 108 valence electrons. The summed E-state index contributed by atoms with van der Waals surface area (Å²) in [6, 6.07) is 13.1. The number of nitrogens with one attached hydrogen (secondary N) is 1. The molecule has 0 aliphatic rings. The molecule has 0 unspecified atom stereocenters. The number of furan rings is 1. The zero-order valence-corrected chi connectivity index (χ0v) is 12.8. The number of hydrogen-bond acceptors (Lipinski definition) is 3. The first-order chi connectivity index (χ1) is 10.2. The van der Waals surface area contributed by atoms with Crippen LogP contribution in [-0.2, 0) is 6.54 Å². The van der Waals surface area contributed by atoms with Crippen molar-refractivity contribution < 1.29 is 9.15 Å². The Hall–Kier alpha value is -1.84. The van der Waals surface area contributed by atoms with Gasteiger partial charge in [0.25, 0.3) is 0 Å². The third-order valence-corrected chi connectivity index (χ3v) is 3.54. The molecule has 0 radical (unpaired) electrons. The Kier molecular flexibility index (Phi) is 3.95. The van der Waals surface area contributed by atoms with Gasteiger partial charge in [0.1, 0.15) is 5.76 Å². The first-order valence-electron chi connectivity index (χ1n) is 6.41. The normalized spacial score (nSPS) is 10.8. The highest BCUT2D eigenvalue weighted by atomic mass is 35.5. The van der Waals surface area contributed by atoms with Gasteiger partial charge in [-0.3, -0.25) is 0 Å². The number of para-hydroxylation sites is 1. The fraction of sp³-hybridized carbons (Fsp3) is 0.125. The third kappa shape index (κ3) is 3.09. The minimum absolute atomic E-state index is 0.536. The molecule has 2 aromatic carbocycles. The monoisotopic (exact) mass is 321 g/mol. The number of fused-ring (bicyclic) bond motifs is 1. The molecule has 1 heterocycles. The van der Waals surface area contributed by atoms with Crippen LogP contribution in [0.1, 0.15) is 5.76 Å². The maximum atomic E-state index is 5.97. The molecule has 3 rings (SSSR count). The van der Waals surface area contributed by atoms with E-state index >= 15 is 0 Å². The fourth-order valence-corrected chi connectivity index (χ4v) is 2.71. The van der Waals surface area contributed by atoms with Gasteiger partial charge in [-0.1, -0.05) is 35.3 Å². The Morgan fingerprint density at radius 3 is 2.57 bits per heavy atom. The molecule has 21 heavy (non-hydrogen) atoms. The lowest BCUT2D eigenvalue weighted by atomic mass is 10.2. The second kappa shape index (κ2) is 5.88. The Balaban J connectivity index is 1.82. The SMILES string of the molecule is COc1cccc2cc(CNc3cc(Cl)cc(Cl)c3)oc12. The molecule has 5 heteroatoms. The Bertz CT molecular complexity index is 763. The molecular weight excluding hydrogens is 309 g/mol. The summed E-state index contributed by atoms with van der Waals surface area (Å²) in [6.45, 7) is 0.536. The molecule has 0 bridgehead atoms. The second-order valence-corrected chi connectivity index (χ2v) is 5.48. The van der Waals surface area contributed by atoms with E-state index in [1.165, 1.54) is 0 Å². The molecule has 0 saturated carbocycles. The van der Waals surface area contributed by atoms with E-state index in [0.717, 1.165) is 28.2 Å². The van der Waals surface area contributed by atoms with Crippen molar-refractivity contribution in [2.75, 3.05) is 12.4 Å². The van der Waals surface area contributed by atoms with Crippen LogP contribution in [0.3, 0.4) is 0 Å². The van der Waals surface area contributed by atoms with Crippen LogP contribution in [0.15, 0.2) is 46.9 Å². The van der Waals surface area contributed by atoms with Crippen LogP contribution in [0.2, 0.25) is 10.0 Å². The lowest BCUT2D eigenvalue weighted by Gasteiger charge is -2.05. The van der Waals surface area contributed by atoms with E-state index in [2.05, 4.69) is 5.32 Å². The van der Waals surface area contributed by atoms with Crippen molar-refractivity contribution >= 4 is 39.9 Å². The van der Waals surface area contributed by atoms with E-state index in [1.807, 2.05) is 36.4 Å². The lowest BCUT2D eigenvalue weighted by Crippen LogP contribution is -1.97. The van der Waals surface area contributed by atoms with Crippen LogP contribution in [-0.4, -0.2) is 7.11 Å². The van der Waals surface area contributed by atoms with Crippen molar-refractivity contribution in [3.05, 3.63) is 58.3 Å². The maximum Gasteiger partial charge on any atom is 0.176 e. The van der Waals surface area contributed by atoms with E-state index in [0.29, 0.717) is 16.6 Å². The molecule has 0 atom stereocenters. The first-order valence-corrected chi connectivity index (χ1v) is 7.17. The van der Waals surface area contributed by atoms with Crippen molar-refractivity contribution in [2.45, 2.75) is 6.54 Å². The lowest BCUT2D eigenvalue weighted by molar-refractivity contribution is 0.408. The summed E-state index contributed by atoms with van der Waals surface area (Å²) >= 11 is 11.9. The van der Waals surface area contributed by atoms with Crippen LogP contribution in [0.4, 0.5) is 5.69 Å². The van der Waals surface area contributed by atoms with Gasteiger partial charge in [0.15, 0.2) is 11.3 Å². The zero-order valence-electron chi connectivity index (χ0n) is 11.3. The van der Waals surface area contributed by atoms with Crippen LogP contribution in [0.5, 0.6) is 5.75 Å². The number of halogens is 2. The van der Waals surface area contributed by atoms with E-state index in [1.54, 1.807) is 13.2 Å². The Morgan fingerprint density at radius 2 is 1.86 bits per heavy atom. The van der Waals surface area contributed by atoms with Gasteiger partial charge >= 0.3 is 0 Å². The standard InChI is InChI=1S/C16H13Cl2NO2/c1-20-15-4-2-3-10-5-14(21-16(10)15)9-19-13-7-11(17)6-12(18)8-13/h2-8,19H,9H2,1H3. The van der Waals surface area contributed by atoms with Crippen molar-refractivity contribution in [3.8, 4) is 5.75 Å². The van der Waals surface area contributed by atoms with Crippen molar-refractivity contribution in [1.29, 1.82) is 0 Å². The van der Waals surface area contributed by atoms with E-state index in [4.69, 9.17) is 32.4 Å². The average molecular weight is 322 g/mol. The molecule has 0 spiro atoms. The topological polar surface area (TPSA) is 34.4 Å².